The minimum atomic E-state index is -3.75. The van der Waals surface area contributed by atoms with Gasteiger partial charge in [-0.05, 0) is 41.0 Å². The second-order valence-corrected chi connectivity index (χ2v) is 8.44. The summed E-state index contributed by atoms with van der Waals surface area (Å²) in [5, 5.41) is 2.33. The molecule has 0 unspecified atom stereocenters. The standard InChI is InChI=1S/C23H22N2O3S/c1-3-15-24-29(27,28)21-12-7-11-20(17-21)23(26)25(2)16-14-19-10-6-9-18-8-4-5-13-22(18)19/h1,4-13,17,24H,14-16H2,2H3. The first-order valence-corrected chi connectivity index (χ1v) is 10.7. The molecule has 0 saturated heterocycles. The zero-order valence-corrected chi connectivity index (χ0v) is 16.9. The molecule has 0 aliphatic heterocycles. The Morgan fingerprint density at radius 3 is 2.59 bits per heavy atom. The summed E-state index contributed by atoms with van der Waals surface area (Å²) < 4.78 is 26.8. The number of nitrogens with zero attached hydrogens (tertiary/aromatic N) is 1. The van der Waals surface area contributed by atoms with Crippen molar-refractivity contribution >= 4 is 26.7 Å². The van der Waals surface area contributed by atoms with Gasteiger partial charge < -0.3 is 4.90 Å². The van der Waals surface area contributed by atoms with Crippen LogP contribution in [0.4, 0.5) is 0 Å². The summed E-state index contributed by atoms with van der Waals surface area (Å²) in [6.45, 7) is 0.407. The quantitative estimate of drug-likeness (QED) is 0.613. The monoisotopic (exact) mass is 406 g/mol. The number of hydrogen-bond acceptors (Lipinski definition) is 3. The molecule has 1 amide bonds. The molecule has 0 fully saturated rings. The van der Waals surface area contributed by atoms with Crippen LogP contribution in [0, 0.1) is 12.3 Å². The van der Waals surface area contributed by atoms with Gasteiger partial charge in [0.1, 0.15) is 0 Å². The number of rotatable bonds is 7. The van der Waals surface area contributed by atoms with Crippen molar-refractivity contribution in [2.75, 3.05) is 20.1 Å². The van der Waals surface area contributed by atoms with Gasteiger partial charge in [0.2, 0.25) is 10.0 Å². The van der Waals surface area contributed by atoms with Crippen molar-refractivity contribution in [2.45, 2.75) is 11.3 Å². The average molecular weight is 407 g/mol. The van der Waals surface area contributed by atoms with Crippen molar-refractivity contribution in [1.82, 2.24) is 9.62 Å². The molecule has 3 rings (SSSR count). The number of carbonyl (C=O) groups excluding carboxylic acids is 1. The van der Waals surface area contributed by atoms with Gasteiger partial charge in [-0.1, -0.05) is 54.5 Å². The van der Waals surface area contributed by atoms with E-state index in [1.54, 1.807) is 24.1 Å². The summed E-state index contributed by atoms with van der Waals surface area (Å²) >= 11 is 0. The van der Waals surface area contributed by atoms with E-state index in [9.17, 15) is 13.2 Å². The second kappa shape index (κ2) is 8.91. The minimum absolute atomic E-state index is 0.0149. The molecule has 0 aromatic heterocycles. The van der Waals surface area contributed by atoms with E-state index < -0.39 is 10.0 Å². The first kappa shape index (κ1) is 20.6. The Hall–Kier alpha value is -3.14. The number of likely N-dealkylation sites (N-methyl/N-ethyl adjacent to an activating group) is 1. The number of terminal acetylenes is 1. The Balaban J connectivity index is 1.73. The SMILES string of the molecule is C#CCNS(=O)(=O)c1cccc(C(=O)N(C)CCc2cccc3ccccc23)c1. The highest BCUT2D eigenvalue weighted by Gasteiger charge is 2.17. The van der Waals surface area contributed by atoms with Crippen molar-refractivity contribution in [3.05, 3.63) is 77.9 Å². The predicted octanol–water partition coefficient (Wildman–Crippen LogP) is 3.07. The van der Waals surface area contributed by atoms with E-state index in [0.29, 0.717) is 18.5 Å². The zero-order valence-electron chi connectivity index (χ0n) is 16.1. The summed E-state index contributed by atoms with van der Waals surface area (Å²) in [4.78, 5) is 14.4. The molecule has 1 N–H and O–H groups in total. The molecule has 0 aliphatic rings. The molecule has 0 aliphatic carbocycles. The van der Waals surface area contributed by atoms with Crippen LogP contribution in [0.2, 0.25) is 0 Å². The maximum atomic E-state index is 12.8. The van der Waals surface area contributed by atoms with Crippen molar-refractivity contribution in [1.29, 1.82) is 0 Å². The van der Waals surface area contributed by atoms with Gasteiger partial charge in [0.25, 0.3) is 5.91 Å². The molecule has 0 bridgehead atoms. The highest BCUT2D eigenvalue weighted by molar-refractivity contribution is 7.89. The first-order chi connectivity index (χ1) is 13.9. The Bertz CT molecular complexity index is 1170. The molecule has 5 nitrogen and oxygen atoms in total. The maximum Gasteiger partial charge on any atom is 0.253 e. The highest BCUT2D eigenvalue weighted by Crippen LogP contribution is 2.19. The van der Waals surface area contributed by atoms with Crippen LogP contribution >= 0.6 is 0 Å². The van der Waals surface area contributed by atoms with E-state index in [1.807, 2.05) is 18.2 Å². The summed E-state index contributed by atoms with van der Waals surface area (Å²) in [5.74, 6) is 1.99. The zero-order chi connectivity index (χ0) is 20.9. The molecule has 29 heavy (non-hydrogen) atoms. The van der Waals surface area contributed by atoms with Crippen LogP contribution in [-0.4, -0.2) is 39.4 Å². The second-order valence-electron chi connectivity index (χ2n) is 6.67. The molecular formula is C23H22N2O3S. The molecule has 0 atom stereocenters. The van der Waals surface area contributed by atoms with Gasteiger partial charge >= 0.3 is 0 Å². The number of benzene rings is 3. The molecule has 148 valence electrons. The van der Waals surface area contributed by atoms with E-state index >= 15 is 0 Å². The van der Waals surface area contributed by atoms with Gasteiger partial charge in [-0.2, -0.15) is 4.72 Å². The van der Waals surface area contributed by atoms with E-state index in [4.69, 9.17) is 6.42 Å². The minimum Gasteiger partial charge on any atom is -0.341 e. The lowest BCUT2D eigenvalue weighted by Gasteiger charge is -2.18. The van der Waals surface area contributed by atoms with Crippen LogP contribution in [0.3, 0.4) is 0 Å². The Morgan fingerprint density at radius 2 is 1.79 bits per heavy atom. The third kappa shape index (κ3) is 4.83. The normalized spacial score (nSPS) is 11.2. The van der Waals surface area contributed by atoms with Gasteiger partial charge in [-0.25, -0.2) is 8.42 Å². The number of hydrogen-bond donors (Lipinski definition) is 1. The van der Waals surface area contributed by atoms with Gasteiger partial charge in [-0.3, -0.25) is 4.79 Å². The molecule has 0 spiro atoms. The highest BCUT2D eigenvalue weighted by atomic mass is 32.2. The maximum absolute atomic E-state index is 12.8. The fraction of sp³-hybridized carbons (Fsp3) is 0.174. The van der Waals surface area contributed by atoms with Crippen LogP contribution in [0.1, 0.15) is 15.9 Å². The Labute approximate surface area is 171 Å². The van der Waals surface area contributed by atoms with E-state index in [2.05, 4.69) is 34.9 Å². The van der Waals surface area contributed by atoms with Crippen molar-refractivity contribution < 1.29 is 13.2 Å². The smallest absolute Gasteiger partial charge is 0.253 e. The predicted molar refractivity (Wildman–Crippen MR) is 115 cm³/mol. The molecule has 0 heterocycles. The van der Waals surface area contributed by atoms with Crippen LogP contribution in [-0.2, 0) is 16.4 Å². The molecule has 6 heteroatoms. The lowest BCUT2D eigenvalue weighted by molar-refractivity contribution is 0.0796. The largest absolute Gasteiger partial charge is 0.341 e. The summed E-state index contributed by atoms with van der Waals surface area (Å²) in [5.41, 5.74) is 1.48. The third-order valence-corrected chi connectivity index (χ3v) is 6.10. The van der Waals surface area contributed by atoms with Crippen LogP contribution < -0.4 is 4.72 Å². The van der Waals surface area contributed by atoms with Gasteiger partial charge in [0.15, 0.2) is 0 Å². The lowest BCUT2D eigenvalue weighted by atomic mass is 10.0. The number of sulfonamides is 1. The Morgan fingerprint density at radius 1 is 1.07 bits per heavy atom. The van der Waals surface area contributed by atoms with Crippen molar-refractivity contribution in [3.8, 4) is 12.3 Å². The van der Waals surface area contributed by atoms with E-state index in [-0.39, 0.29) is 17.3 Å². The molecule has 3 aromatic carbocycles. The topological polar surface area (TPSA) is 66.5 Å². The van der Waals surface area contributed by atoms with Gasteiger partial charge in [-0.15, -0.1) is 6.42 Å². The van der Waals surface area contributed by atoms with Crippen molar-refractivity contribution in [2.24, 2.45) is 0 Å². The van der Waals surface area contributed by atoms with Crippen molar-refractivity contribution in [3.63, 3.8) is 0 Å². The molecule has 0 radical (unpaired) electrons. The number of carbonyl (C=O) groups is 1. The lowest BCUT2D eigenvalue weighted by Crippen LogP contribution is -2.29. The fourth-order valence-corrected chi connectivity index (χ4v) is 4.12. The summed E-state index contributed by atoms with van der Waals surface area (Å²) in [6, 6.07) is 20.2. The molecular weight excluding hydrogens is 384 g/mol. The third-order valence-electron chi connectivity index (χ3n) is 4.70. The van der Waals surface area contributed by atoms with Crippen LogP contribution in [0.15, 0.2) is 71.6 Å². The fourth-order valence-electron chi connectivity index (χ4n) is 3.14. The first-order valence-electron chi connectivity index (χ1n) is 9.17. The van der Waals surface area contributed by atoms with E-state index in [0.717, 1.165) is 10.9 Å². The van der Waals surface area contributed by atoms with Gasteiger partial charge in [0.05, 0.1) is 11.4 Å². The summed E-state index contributed by atoms with van der Waals surface area (Å²) in [7, 11) is -2.03. The molecule has 3 aromatic rings. The Kier molecular flexibility index (Phi) is 6.32. The van der Waals surface area contributed by atoms with Gasteiger partial charge in [0, 0.05) is 19.2 Å². The molecule has 0 saturated carbocycles. The summed E-state index contributed by atoms with van der Waals surface area (Å²) in [6.07, 6.45) is 5.81. The average Bonchev–Trinajstić information content (AvgIpc) is 2.75. The van der Waals surface area contributed by atoms with Crippen LogP contribution in [0.5, 0.6) is 0 Å². The van der Waals surface area contributed by atoms with E-state index in [1.165, 1.54) is 17.5 Å². The number of amides is 1. The number of fused-ring (bicyclic) bond motifs is 1. The van der Waals surface area contributed by atoms with Crippen LogP contribution in [0.25, 0.3) is 10.8 Å². The number of nitrogens with one attached hydrogen (secondary N) is 1.